The molecule has 1 aromatic carbocycles. The van der Waals surface area contributed by atoms with Gasteiger partial charge in [0.05, 0.1) is 21.5 Å². The number of hydrogen-bond donors (Lipinski definition) is 1. The van der Waals surface area contributed by atoms with E-state index in [0.29, 0.717) is 12.2 Å². The van der Waals surface area contributed by atoms with E-state index < -0.39 is 19.7 Å². The zero-order valence-corrected chi connectivity index (χ0v) is 15.7. The lowest BCUT2D eigenvalue weighted by molar-refractivity contribution is -0.129. The van der Waals surface area contributed by atoms with Crippen molar-refractivity contribution in [3.8, 4) is 0 Å². The molecule has 1 N–H and O–H groups in total. The normalized spacial score (nSPS) is 19.1. The van der Waals surface area contributed by atoms with Gasteiger partial charge in [0.15, 0.2) is 19.7 Å². The van der Waals surface area contributed by atoms with Gasteiger partial charge >= 0.3 is 0 Å². The summed E-state index contributed by atoms with van der Waals surface area (Å²) >= 11 is 0. The van der Waals surface area contributed by atoms with Crippen molar-refractivity contribution in [3.05, 3.63) is 18.2 Å². The number of carbonyl (C=O) groups excluding carboxylic acids is 1. The molecule has 7 nitrogen and oxygen atoms in total. The quantitative estimate of drug-likeness (QED) is 0.822. The third-order valence-corrected chi connectivity index (χ3v) is 6.17. The van der Waals surface area contributed by atoms with Crippen LogP contribution in [-0.4, -0.2) is 58.8 Å². The molecule has 1 atom stereocenters. The van der Waals surface area contributed by atoms with Crippen molar-refractivity contribution in [2.24, 2.45) is 0 Å². The molecule has 1 aliphatic heterocycles. The number of nitrogens with one attached hydrogen (secondary N) is 1. The van der Waals surface area contributed by atoms with Crippen molar-refractivity contribution < 1.29 is 21.6 Å². The Kier molecular flexibility index (Phi) is 4.96. The van der Waals surface area contributed by atoms with Crippen LogP contribution in [-0.2, 0) is 24.5 Å². The summed E-state index contributed by atoms with van der Waals surface area (Å²) in [4.78, 5) is 13.6. The van der Waals surface area contributed by atoms with Gasteiger partial charge in [0.2, 0.25) is 5.91 Å². The van der Waals surface area contributed by atoms with Crippen molar-refractivity contribution in [2.45, 2.75) is 42.1 Å². The van der Waals surface area contributed by atoms with Gasteiger partial charge in [0.25, 0.3) is 0 Å². The zero-order chi connectivity index (χ0) is 18.3. The molecule has 0 spiro atoms. The lowest BCUT2D eigenvalue weighted by Gasteiger charge is -2.22. The fourth-order valence-electron chi connectivity index (χ4n) is 2.71. The third-order valence-electron chi connectivity index (χ3n) is 3.92. The monoisotopic (exact) mass is 374 g/mol. The Hall–Kier alpha value is -1.61. The second-order valence-corrected chi connectivity index (χ2v) is 10.4. The summed E-state index contributed by atoms with van der Waals surface area (Å²) in [7, 11) is -7.14. The van der Waals surface area contributed by atoms with E-state index in [9.17, 15) is 21.6 Å². The average molecular weight is 374 g/mol. The van der Waals surface area contributed by atoms with Crippen molar-refractivity contribution in [3.63, 3.8) is 0 Å². The van der Waals surface area contributed by atoms with E-state index in [2.05, 4.69) is 5.32 Å². The Morgan fingerprint density at radius 3 is 2.21 bits per heavy atom. The standard InChI is InChI=1S/C15H22N2O5S2/c1-10(2)17-9-11(7-15(17)18)16-13-6-5-12(23(3,19)20)8-14(13)24(4,21)22/h5-6,8,10-11,16H,7,9H2,1-4H3/t11-/m1/s1. The minimum atomic E-state index is -3.63. The molecule has 1 aliphatic rings. The van der Waals surface area contributed by atoms with Crippen LogP contribution in [0.25, 0.3) is 0 Å². The van der Waals surface area contributed by atoms with Crippen LogP contribution in [0, 0.1) is 0 Å². The summed E-state index contributed by atoms with van der Waals surface area (Å²) in [5.41, 5.74) is 0.313. The molecule has 1 saturated heterocycles. The smallest absolute Gasteiger partial charge is 0.225 e. The first-order valence-electron chi connectivity index (χ1n) is 7.50. The molecule has 0 saturated carbocycles. The molecule has 1 amide bonds. The number of benzene rings is 1. The Labute approximate surface area is 142 Å². The van der Waals surface area contributed by atoms with Crippen LogP contribution in [0.4, 0.5) is 5.69 Å². The number of anilines is 1. The number of nitrogens with zero attached hydrogens (tertiary/aromatic N) is 1. The second kappa shape index (κ2) is 6.36. The molecule has 0 aromatic heterocycles. The highest BCUT2D eigenvalue weighted by molar-refractivity contribution is 7.91. The molecule has 0 bridgehead atoms. The molecule has 0 aliphatic carbocycles. The maximum absolute atomic E-state index is 12.0. The van der Waals surface area contributed by atoms with Gasteiger partial charge in [-0.15, -0.1) is 0 Å². The SMILES string of the molecule is CC(C)N1C[C@H](Nc2ccc(S(C)(=O)=O)cc2S(C)(=O)=O)CC1=O. The van der Waals surface area contributed by atoms with Crippen LogP contribution in [0.15, 0.2) is 28.0 Å². The van der Waals surface area contributed by atoms with Gasteiger partial charge in [-0.2, -0.15) is 0 Å². The number of carbonyl (C=O) groups is 1. The first kappa shape index (κ1) is 18.7. The lowest BCUT2D eigenvalue weighted by Crippen LogP contribution is -2.33. The van der Waals surface area contributed by atoms with E-state index in [1.165, 1.54) is 12.1 Å². The first-order valence-corrected chi connectivity index (χ1v) is 11.3. The molecule has 134 valence electrons. The molecular weight excluding hydrogens is 352 g/mol. The van der Waals surface area contributed by atoms with Crippen molar-refractivity contribution in [2.75, 3.05) is 24.4 Å². The molecule has 1 aromatic rings. The van der Waals surface area contributed by atoms with Gasteiger partial charge in [0.1, 0.15) is 0 Å². The topological polar surface area (TPSA) is 101 Å². The first-order chi connectivity index (χ1) is 10.9. The number of hydrogen-bond acceptors (Lipinski definition) is 6. The lowest BCUT2D eigenvalue weighted by atomic mass is 10.2. The molecule has 1 fully saturated rings. The molecule has 9 heteroatoms. The van der Waals surface area contributed by atoms with E-state index in [-0.39, 0.29) is 34.2 Å². The van der Waals surface area contributed by atoms with Crippen molar-refractivity contribution in [1.29, 1.82) is 0 Å². The highest BCUT2D eigenvalue weighted by Gasteiger charge is 2.32. The number of likely N-dealkylation sites (tertiary alicyclic amines) is 1. The van der Waals surface area contributed by atoms with E-state index in [1.54, 1.807) is 4.90 Å². The minimum Gasteiger partial charge on any atom is -0.379 e. The van der Waals surface area contributed by atoms with Crippen LogP contribution >= 0.6 is 0 Å². The minimum absolute atomic E-state index is 0.0103. The van der Waals surface area contributed by atoms with Gasteiger partial charge in [-0.05, 0) is 32.0 Å². The van der Waals surface area contributed by atoms with E-state index in [4.69, 9.17) is 0 Å². The number of sulfone groups is 2. The summed E-state index contributed by atoms with van der Waals surface area (Å²) in [6, 6.07) is 3.82. The summed E-state index contributed by atoms with van der Waals surface area (Å²) in [6.07, 6.45) is 2.33. The summed E-state index contributed by atoms with van der Waals surface area (Å²) in [6.45, 7) is 4.32. The van der Waals surface area contributed by atoms with Crippen LogP contribution in [0.2, 0.25) is 0 Å². The summed E-state index contributed by atoms with van der Waals surface area (Å²) < 4.78 is 47.4. The summed E-state index contributed by atoms with van der Waals surface area (Å²) in [5.74, 6) is 0.0103. The second-order valence-electron chi connectivity index (χ2n) is 6.39. The number of amides is 1. The Morgan fingerprint density at radius 2 is 1.75 bits per heavy atom. The van der Waals surface area contributed by atoms with Crippen LogP contribution in [0.3, 0.4) is 0 Å². The summed E-state index contributed by atoms with van der Waals surface area (Å²) in [5, 5.41) is 3.07. The average Bonchev–Trinajstić information content (AvgIpc) is 2.77. The van der Waals surface area contributed by atoms with Crippen LogP contribution in [0.1, 0.15) is 20.3 Å². The molecular formula is C15H22N2O5S2. The molecule has 24 heavy (non-hydrogen) atoms. The van der Waals surface area contributed by atoms with Gasteiger partial charge in [-0.25, -0.2) is 16.8 Å². The predicted molar refractivity (Wildman–Crippen MR) is 91.5 cm³/mol. The highest BCUT2D eigenvalue weighted by atomic mass is 32.2. The molecule has 2 rings (SSSR count). The van der Waals surface area contributed by atoms with Gasteiger partial charge in [-0.3, -0.25) is 4.79 Å². The largest absolute Gasteiger partial charge is 0.379 e. The third kappa shape index (κ3) is 4.07. The van der Waals surface area contributed by atoms with Crippen LogP contribution in [0.5, 0.6) is 0 Å². The predicted octanol–water partition coefficient (Wildman–Crippen LogP) is 0.915. The molecule has 0 radical (unpaired) electrons. The fraction of sp³-hybridized carbons (Fsp3) is 0.533. The highest BCUT2D eigenvalue weighted by Crippen LogP contribution is 2.27. The van der Waals surface area contributed by atoms with E-state index >= 15 is 0 Å². The van der Waals surface area contributed by atoms with Gasteiger partial charge in [0, 0.05) is 31.5 Å². The zero-order valence-electron chi connectivity index (χ0n) is 14.1. The Morgan fingerprint density at radius 1 is 1.12 bits per heavy atom. The van der Waals surface area contributed by atoms with Gasteiger partial charge in [-0.1, -0.05) is 0 Å². The van der Waals surface area contributed by atoms with Crippen molar-refractivity contribution >= 4 is 31.3 Å². The van der Waals surface area contributed by atoms with Gasteiger partial charge < -0.3 is 10.2 Å². The molecule has 0 unspecified atom stereocenters. The maximum atomic E-state index is 12.0. The number of rotatable bonds is 5. The van der Waals surface area contributed by atoms with Crippen molar-refractivity contribution in [1.82, 2.24) is 4.90 Å². The van der Waals surface area contributed by atoms with E-state index in [0.717, 1.165) is 18.6 Å². The van der Waals surface area contributed by atoms with E-state index in [1.807, 2.05) is 13.8 Å². The fourth-order valence-corrected chi connectivity index (χ4v) is 4.30. The Balaban J connectivity index is 2.36. The molecule has 1 heterocycles. The maximum Gasteiger partial charge on any atom is 0.225 e. The Bertz CT molecular complexity index is 860. The van der Waals surface area contributed by atoms with Crippen LogP contribution < -0.4 is 5.32 Å².